The Kier molecular flexibility index (Phi) is 6.00. The molecule has 0 aliphatic carbocycles. The molecule has 2 aromatic carbocycles. The molecule has 1 unspecified atom stereocenters. The number of benzene rings is 2. The standard InChI is InChI=1S/C23H31NO2/c1-22(2)18-23(14-16-26-22,20-7-5-4-6-8-20)13-15-24-17-19-9-11-21(25-3)12-10-19/h4-12,24H,13-18H2,1-3H3. The summed E-state index contributed by atoms with van der Waals surface area (Å²) in [6, 6.07) is 19.3. The molecule has 0 aromatic heterocycles. The minimum atomic E-state index is -0.0654. The van der Waals surface area contributed by atoms with Crippen molar-refractivity contribution in [2.75, 3.05) is 20.3 Å². The number of nitrogens with one attached hydrogen (secondary N) is 1. The van der Waals surface area contributed by atoms with Gasteiger partial charge in [-0.25, -0.2) is 0 Å². The molecule has 1 heterocycles. The summed E-state index contributed by atoms with van der Waals surface area (Å²) in [5.74, 6) is 0.904. The van der Waals surface area contributed by atoms with E-state index in [0.29, 0.717) is 0 Å². The summed E-state index contributed by atoms with van der Waals surface area (Å²) in [5, 5.41) is 3.63. The Labute approximate surface area is 157 Å². The van der Waals surface area contributed by atoms with Gasteiger partial charge in [-0.2, -0.15) is 0 Å². The van der Waals surface area contributed by atoms with Crippen molar-refractivity contribution in [3.8, 4) is 5.75 Å². The molecule has 1 saturated heterocycles. The van der Waals surface area contributed by atoms with Crippen molar-refractivity contribution in [2.24, 2.45) is 0 Å². The highest BCUT2D eigenvalue weighted by Crippen LogP contribution is 2.43. The first-order valence-corrected chi connectivity index (χ1v) is 9.56. The van der Waals surface area contributed by atoms with E-state index in [9.17, 15) is 0 Å². The van der Waals surface area contributed by atoms with Crippen LogP contribution in [0.3, 0.4) is 0 Å². The summed E-state index contributed by atoms with van der Waals surface area (Å²) < 4.78 is 11.2. The Balaban J connectivity index is 1.63. The molecule has 1 N–H and O–H groups in total. The van der Waals surface area contributed by atoms with Gasteiger partial charge in [0.25, 0.3) is 0 Å². The molecule has 1 atom stereocenters. The van der Waals surface area contributed by atoms with Crippen molar-refractivity contribution >= 4 is 0 Å². The second-order valence-electron chi connectivity index (χ2n) is 7.96. The Hall–Kier alpha value is -1.84. The summed E-state index contributed by atoms with van der Waals surface area (Å²) in [5.41, 5.74) is 2.86. The zero-order valence-corrected chi connectivity index (χ0v) is 16.3. The first kappa shape index (κ1) is 18.9. The average Bonchev–Trinajstić information content (AvgIpc) is 2.66. The van der Waals surface area contributed by atoms with Gasteiger partial charge < -0.3 is 14.8 Å². The molecule has 3 heteroatoms. The van der Waals surface area contributed by atoms with Crippen LogP contribution in [0.1, 0.15) is 44.2 Å². The lowest BCUT2D eigenvalue weighted by Gasteiger charge is -2.45. The molecule has 3 nitrogen and oxygen atoms in total. The van der Waals surface area contributed by atoms with Crippen molar-refractivity contribution < 1.29 is 9.47 Å². The van der Waals surface area contributed by atoms with Crippen LogP contribution < -0.4 is 10.1 Å². The Morgan fingerprint density at radius 2 is 1.77 bits per heavy atom. The van der Waals surface area contributed by atoms with Crippen LogP contribution in [0.2, 0.25) is 0 Å². The topological polar surface area (TPSA) is 30.5 Å². The van der Waals surface area contributed by atoms with Crippen molar-refractivity contribution in [1.82, 2.24) is 5.32 Å². The zero-order chi connectivity index (χ0) is 18.5. The second-order valence-corrected chi connectivity index (χ2v) is 7.96. The molecule has 0 saturated carbocycles. The van der Waals surface area contributed by atoms with Crippen LogP contribution in [0.5, 0.6) is 5.75 Å². The quantitative estimate of drug-likeness (QED) is 0.732. The minimum Gasteiger partial charge on any atom is -0.497 e. The number of hydrogen-bond acceptors (Lipinski definition) is 3. The first-order chi connectivity index (χ1) is 12.5. The highest BCUT2D eigenvalue weighted by molar-refractivity contribution is 5.28. The fourth-order valence-corrected chi connectivity index (χ4v) is 4.18. The summed E-state index contributed by atoms with van der Waals surface area (Å²) in [6.45, 7) is 7.15. The molecule has 3 rings (SSSR count). The van der Waals surface area contributed by atoms with E-state index in [4.69, 9.17) is 9.47 Å². The molecule has 1 aliphatic heterocycles. The van der Waals surface area contributed by atoms with E-state index in [1.807, 2.05) is 12.1 Å². The molecule has 1 aliphatic rings. The van der Waals surface area contributed by atoms with Gasteiger partial charge in [0, 0.05) is 18.6 Å². The van der Waals surface area contributed by atoms with Crippen LogP contribution in [-0.4, -0.2) is 25.9 Å². The van der Waals surface area contributed by atoms with Crippen molar-refractivity contribution in [3.05, 3.63) is 65.7 Å². The summed E-state index contributed by atoms with van der Waals surface area (Å²) in [7, 11) is 1.70. The maximum Gasteiger partial charge on any atom is 0.118 e. The molecule has 140 valence electrons. The second kappa shape index (κ2) is 8.24. The maximum absolute atomic E-state index is 6.01. The van der Waals surface area contributed by atoms with E-state index in [1.165, 1.54) is 11.1 Å². The van der Waals surface area contributed by atoms with Crippen LogP contribution in [0.15, 0.2) is 54.6 Å². The van der Waals surface area contributed by atoms with Gasteiger partial charge in [0.15, 0.2) is 0 Å². The van der Waals surface area contributed by atoms with Gasteiger partial charge in [-0.05, 0) is 62.9 Å². The third-order valence-electron chi connectivity index (χ3n) is 5.49. The number of rotatable bonds is 7. The molecule has 0 spiro atoms. The van der Waals surface area contributed by atoms with Gasteiger partial charge in [-0.3, -0.25) is 0 Å². The van der Waals surface area contributed by atoms with Gasteiger partial charge in [-0.1, -0.05) is 42.5 Å². The van der Waals surface area contributed by atoms with E-state index in [1.54, 1.807) is 7.11 Å². The van der Waals surface area contributed by atoms with Crippen LogP contribution in [0.4, 0.5) is 0 Å². The number of ether oxygens (including phenoxy) is 2. The van der Waals surface area contributed by atoms with E-state index in [2.05, 4.69) is 61.6 Å². The van der Waals surface area contributed by atoms with E-state index >= 15 is 0 Å². The van der Waals surface area contributed by atoms with Crippen LogP contribution in [-0.2, 0) is 16.7 Å². The summed E-state index contributed by atoms with van der Waals surface area (Å²) in [4.78, 5) is 0. The van der Waals surface area contributed by atoms with Gasteiger partial charge in [0.1, 0.15) is 5.75 Å². The van der Waals surface area contributed by atoms with Gasteiger partial charge in [0.2, 0.25) is 0 Å². The molecule has 0 radical (unpaired) electrons. The fraction of sp³-hybridized carbons (Fsp3) is 0.478. The highest BCUT2D eigenvalue weighted by atomic mass is 16.5. The summed E-state index contributed by atoms with van der Waals surface area (Å²) in [6.07, 6.45) is 3.28. The fourth-order valence-electron chi connectivity index (χ4n) is 4.18. The number of hydrogen-bond donors (Lipinski definition) is 1. The molecule has 1 fully saturated rings. The van der Waals surface area contributed by atoms with Crippen LogP contribution >= 0.6 is 0 Å². The van der Waals surface area contributed by atoms with Gasteiger partial charge in [-0.15, -0.1) is 0 Å². The third-order valence-corrected chi connectivity index (χ3v) is 5.49. The normalized spacial score (nSPS) is 22.1. The highest BCUT2D eigenvalue weighted by Gasteiger charge is 2.41. The molecule has 26 heavy (non-hydrogen) atoms. The predicted octanol–water partition coefficient (Wildman–Crippen LogP) is 4.70. The smallest absolute Gasteiger partial charge is 0.118 e. The molecular weight excluding hydrogens is 322 g/mol. The SMILES string of the molecule is COc1ccc(CNCCC2(c3ccccc3)CCOC(C)(C)C2)cc1. The zero-order valence-electron chi connectivity index (χ0n) is 16.3. The minimum absolute atomic E-state index is 0.0654. The van der Waals surface area contributed by atoms with E-state index < -0.39 is 0 Å². The average molecular weight is 354 g/mol. The lowest BCUT2D eigenvalue weighted by Crippen LogP contribution is -2.45. The van der Waals surface area contributed by atoms with Crippen molar-refractivity contribution in [3.63, 3.8) is 0 Å². The van der Waals surface area contributed by atoms with Crippen LogP contribution in [0.25, 0.3) is 0 Å². The molecule has 2 aromatic rings. The number of methoxy groups -OCH3 is 1. The molecular formula is C23H31NO2. The third kappa shape index (κ3) is 4.66. The van der Waals surface area contributed by atoms with Gasteiger partial charge >= 0.3 is 0 Å². The molecule has 0 amide bonds. The van der Waals surface area contributed by atoms with Gasteiger partial charge in [0.05, 0.1) is 12.7 Å². The van der Waals surface area contributed by atoms with E-state index in [0.717, 1.165) is 44.7 Å². The predicted molar refractivity (Wildman–Crippen MR) is 107 cm³/mol. The monoisotopic (exact) mass is 353 g/mol. The Bertz CT molecular complexity index is 681. The molecule has 0 bridgehead atoms. The van der Waals surface area contributed by atoms with E-state index in [-0.39, 0.29) is 11.0 Å². The Morgan fingerprint density at radius 3 is 2.42 bits per heavy atom. The largest absolute Gasteiger partial charge is 0.497 e. The lowest BCUT2D eigenvalue weighted by molar-refractivity contribution is -0.0840. The summed E-state index contributed by atoms with van der Waals surface area (Å²) >= 11 is 0. The van der Waals surface area contributed by atoms with Crippen LogP contribution in [0, 0.1) is 0 Å². The Morgan fingerprint density at radius 1 is 1.04 bits per heavy atom. The van der Waals surface area contributed by atoms with Crippen molar-refractivity contribution in [2.45, 2.75) is 50.7 Å². The lowest BCUT2D eigenvalue weighted by atomic mass is 9.67. The van der Waals surface area contributed by atoms with Crippen molar-refractivity contribution in [1.29, 1.82) is 0 Å². The first-order valence-electron chi connectivity index (χ1n) is 9.56. The maximum atomic E-state index is 6.01.